The molecule has 0 fully saturated rings. The summed E-state index contributed by atoms with van der Waals surface area (Å²) in [4.78, 5) is 15.8. The van der Waals surface area contributed by atoms with Crippen LogP contribution in [0.5, 0.6) is 0 Å². The fourth-order valence-corrected chi connectivity index (χ4v) is 2.80. The van der Waals surface area contributed by atoms with E-state index in [-0.39, 0.29) is 12.1 Å². The van der Waals surface area contributed by atoms with Gasteiger partial charge in [0.15, 0.2) is 0 Å². The maximum absolute atomic E-state index is 11.2. The van der Waals surface area contributed by atoms with Gasteiger partial charge in [0.05, 0.1) is 5.52 Å². The molecule has 1 unspecified atom stereocenters. The molecule has 0 bridgehead atoms. The highest BCUT2D eigenvalue weighted by atomic mass is 35.5. The maximum atomic E-state index is 11.2. The molecule has 3 nitrogen and oxygen atoms in total. The smallest absolute Gasteiger partial charge is 0.303 e. The van der Waals surface area contributed by atoms with E-state index in [0.717, 1.165) is 41.4 Å². The highest BCUT2D eigenvalue weighted by Gasteiger charge is 2.24. The quantitative estimate of drug-likeness (QED) is 0.743. The van der Waals surface area contributed by atoms with E-state index in [2.05, 4.69) is 11.1 Å². The van der Waals surface area contributed by atoms with Crippen LogP contribution in [0.25, 0.3) is 10.9 Å². The topological polar surface area (TPSA) is 39.2 Å². The predicted octanol–water partition coefficient (Wildman–Crippen LogP) is 3.83. The lowest BCUT2D eigenvalue weighted by molar-refractivity contribution is -0.147. The largest absolute Gasteiger partial charge is 0.458 e. The van der Waals surface area contributed by atoms with E-state index in [1.807, 2.05) is 18.2 Å². The molecule has 0 radical (unpaired) electrons. The monoisotopic (exact) mass is 275 g/mol. The third-order valence-corrected chi connectivity index (χ3v) is 3.66. The number of pyridine rings is 1. The Morgan fingerprint density at radius 2 is 2.26 bits per heavy atom. The Bertz CT molecular complexity index is 654. The van der Waals surface area contributed by atoms with Crippen molar-refractivity contribution in [2.24, 2.45) is 0 Å². The Morgan fingerprint density at radius 1 is 1.42 bits per heavy atom. The fraction of sp³-hybridized carbons (Fsp3) is 0.333. The van der Waals surface area contributed by atoms with E-state index in [1.54, 1.807) is 0 Å². The number of carbonyl (C=O) groups excluding carboxylic acids is 1. The summed E-state index contributed by atoms with van der Waals surface area (Å²) in [5.41, 5.74) is 3.00. The minimum Gasteiger partial charge on any atom is -0.458 e. The molecule has 1 atom stereocenters. The zero-order chi connectivity index (χ0) is 13.4. The Labute approximate surface area is 116 Å². The number of benzene rings is 1. The lowest BCUT2D eigenvalue weighted by Crippen LogP contribution is -2.16. The molecule has 0 saturated heterocycles. The van der Waals surface area contributed by atoms with Gasteiger partial charge < -0.3 is 4.74 Å². The Kier molecular flexibility index (Phi) is 3.15. The van der Waals surface area contributed by atoms with Crippen LogP contribution in [0, 0.1) is 0 Å². The number of hydrogen-bond donors (Lipinski definition) is 0. The molecule has 1 aromatic carbocycles. The number of carbonyl (C=O) groups is 1. The molecule has 3 rings (SSSR count). The van der Waals surface area contributed by atoms with E-state index in [1.165, 1.54) is 6.92 Å². The summed E-state index contributed by atoms with van der Waals surface area (Å²) in [6.07, 6.45) is 2.63. The maximum Gasteiger partial charge on any atom is 0.303 e. The molecular weight excluding hydrogens is 262 g/mol. The van der Waals surface area contributed by atoms with Crippen molar-refractivity contribution in [3.63, 3.8) is 0 Å². The molecule has 0 N–H and O–H groups in total. The second kappa shape index (κ2) is 4.82. The van der Waals surface area contributed by atoms with Gasteiger partial charge in [-0.15, -0.1) is 0 Å². The summed E-state index contributed by atoms with van der Waals surface area (Å²) < 4.78 is 5.38. The van der Waals surface area contributed by atoms with Crippen molar-refractivity contribution in [1.29, 1.82) is 0 Å². The number of fused-ring (bicyclic) bond motifs is 2. The molecule has 1 aliphatic rings. The summed E-state index contributed by atoms with van der Waals surface area (Å²) in [5.74, 6) is -0.246. The van der Waals surface area contributed by atoms with Gasteiger partial charge in [0.1, 0.15) is 6.10 Å². The Balaban J connectivity index is 2.11. The van der Waals surface area contributed by atoms with Crippen LogP contribution in [0.15, 0.2) is 24.3 Å². The molecule has 0 saturated carbocycles. The lowest BCUT2D eigenvalue weighted by Gasteiger charge is -2.24. The number of esters is 1. The van der Waals surface area contributed by atoms with Gasteiger partial charge in [-0.1, -0.05) is 11.6 Å². The number of nitrogens with zero attached hydrogens (tertiary/aromatic N) is 1. The highest BCUT2D eigenvalue weighted by molar-refractivity contribution is 6.31. The van der Waals surface area contributed by atoms with Gasteiger partial charge in [-0.25, -0.2) is 0 Å². The van der Waals surface area contributed by atoms with Crippen LogP contribution in [0.3, 0.4) is 0 Å². The second-order valence-electron chi connectivity index (χ2n) is 4.85. The van der Waals surface area contributed by atoms with Gasteiger partial charge in [0.25, 0.3) is 0 Å². The summed E-state index contributed by atoms with van der Waals surface area (Å²) in [6, 6.07) is 7.71. The first-order valence-electron chi connectivity index (χ1n) is 6.40. The van der Waals surface area contributed by atoms with Crippen molar-refractivity contribution in [2.45, 2.75) is 32.3 Å². The SMILES string of the molecule is CC(=O)OC1CCCc2nc3ccc(Cl)cc3cc21. The molecule has 0 aliphatic heterocycles. The zero-order valence-corrected chi connectivity index (χ0v) is 11.4. The van der Waals surface area contributed by atoms with E-state index in [0.29, 0.717) is 5.02 Å². The molecular formula is C15H14ClNO2. The third-order valence-electron chi connectivity index (χ3n) is 3.42. The van der Waals surface area contributed by atoms with Crippen LogP contribution in [0.2, 0.25) is 5.02 Å². The average molecular weight is 276 g/mol. The van der Waals surface area contributed by atoms with Crippen molar-refractivity contribution < 1.29 is 9.53 Å². The highest BCUT2D eigenvalue weighted by Crippen LogP contribution is 2.34. The van der Waals surface area contributed by atoms with Gasteiger partial charge in [-0.2, -0.15) is 0 Å². The molecule has 19 heavy (non-hydrogen) atoms. The van der Waals surface area contributed by atoms with Crippen LogP contribution >= 0.6 is 11.6 Å². The van der Waals surface area contributed by atoms with Crippen LogP contribution in [0.4, 0.5) is 0 Å². The molecule has 4 heteroatoms. The van der Waals surface area contributed by atoms with E-state index < -0.39 is 0 Å². The summed E-state index contributed by atoms with van der Waals surface area (Å²) in [6.45, 7) is 1.44. The van der Waals surface area contributed by atoms with Crippen LogP contribution in [0.1, 0.15) is 37.1 Å². The van der Waals surface area contributed by atoms with E-state index in [9.17, 15) is 4.79 Å². The van der Waals surface area contributed by atoms with E-state index in [4.69, 9.17) is 16.3 Å². The molecule has 1 heterocycles. The van der Waals surface area contributed by atoms with Crippen molar-refractivity contribution in [3.8, 4) is 0 Å². The first-order valence-corrected chi connectivity index (χ1v) is 6.77. The Morgan fingerprint density at radius 3 is 3.05 bits per heavy atom. The molecule has 1 aromatic heterocycles. The third kappa shape index (κ3) is 2.43. The lowest BCUT2D eigenvalue weighted by atomic mass is 9.92. The Hall–Kier alpha value is -1.61. The predicted molar refractivity (Wildman–Crippen MR) is 74.2 cm³/mol. The number of aryl methyl sites for hydroxylation is 1. The van der Waals surface area contributed by atoms with Gasteiger partial charge in [-0.3, -0.25) is 9.78 Å². The molecule has 1 aliphatic carbocycles. The zero-order valence-electron chi connectivity index (χ0n) is 10.6. The minimum absolute atomic E-state index is 0.169. The first-order chi connectivity index (χ1) is 9.13. The first kappa shape index (κ1) is 12.4. The van der Waals surface area contributed by atoms with Gasteiger partial charge in [0, 0.05) is 28.6 Å². The van der Waals surface area contributed by atoms with Crippen molar-refractivity contribution >= 4 is 28.5 Å². The summed E-state index contributed by atoms with van der Waals surface area (Å²) >= 11 is 6.01. The molecule has 2 aromatic rings. The van der Waals surface area contributed by atoms with E-state index >= 15 is 0 Å². The van der Waals surface area contributed by atoms with Gasteiger partial charge >= 0.3 is 5.97 Å². The number of halogens is 1. The molecule has 98 valence electrons. The average Bonchev–Trinajstić information content (AvgIpc) is 2.36. The minimum atomic E-state index is -0.246. The van der Waals surface area contributed by atoms with Gasteiger partial charge in [0.2, 0.25) is 0 Å². The van der Waals surface area contributed by atoms with Crippen LogP contribution in [-0.4, -0.2) is 11.0 Å². The van der Waals surface area contributed by atoms with Crippen molar-refractivity contribution in [2.75, 3.05) is 0 Å². The normalized spacial score (nSPS) is 18.1. The van der Waals surface area contributed by atoms with Crippen molar-refractivity contribution in [1.82, 2.24) is 4.98 Å². The second-order valence-corrected chi connectivity index (χ2v) is 5.29. The fourth-order valence-electron chi connectivity index (χ4n) is 2.62. The van der Waals surface area contributed by atoms with Crippen molar-refractivity contribution in [3.05, 3.63) is 40.5 Å². The van der Waals surface area contributed by atoms with Crippen LogP contribution < -0.4 is 0 Å². The summed E-state index contributed by atoms with van der Waals surface area (Å²) in [5, 5.41) is 1.68. The number of hydrogen-bond acceptors (Lipinski definition) is 3. The van der Waals surface area contributed by atoms with Crippen LogP contribution in [-0.2, 0) is 16.0 Å². The molecule has 0 amide bonds. The molecule has 0 spiro atoms. The number of rotatable bonds is 1. The number of ether oxygens (including phenoxy) is 1. The van der Waals surface area contributed by atoms with Gasteiger partial charge in [-0.05, 0) is 43.5 Å². The standard InChI is InChI=1S/C15H14ClNO2/c1-9(18)19-15-4-2-3-14-12(15)8-10-7-11(16)5-6-13(10)17-14/h5-8,15H,2-4H2,1H3. The number of aromatic nitrogens is 1. The summed E-state index contributed by atoms with van der Waals surface area (Å²) in [7, 11) is 0.